The maximum atomic E-state index is 13.0. The third-order valence-corrected chi connectivity index (χ3v) is 5.69. The van der Waals surface area contributed by atoms with Crippen molar-refractivity contribution in [3.63, 3.8) is 0 Å². The first-order valence-corrected chi connectivity index (χ1v) is 10.9. The molecule has 0 unspecified atom stereocenters. The molecule has 1 saturated heterocycles. The van der Waals surface area contributed by atoms with Crippen LogP contribution in [0, 0.1) is 0 Å². The van der Waals surface area contributed by atoms with Crippen molar-refractivity contribution in [3.05, 3.63) is 89.2 Å². The van der Waals surface area contributed by atoms with Crippen LogP contribution in [0.5, 0.6) is 0 Å². The van der Waals surface area contributed by atoms with Gasteiger partial charge in [0.05, 0.1) is 23.1 Å². The Morgan fingerprint density at radius 1 is 0.938 bits per heavy atom. The van der Waals surface area contributed by atoms with Crippen LogP contribution in [0.4, 0.5) is 17.3 Å². The topological polar surface area (TPSA) is 59.4 Å². The number of aromatic nitrogens is 2. The van der Waals surface area contributed by atoms with Gasteiger partial charge in [-0.1, -0.05) is 36.4 Å². The standard InChI is InChI=1S/C26H26N4O2/c1-18-16-29(17-19(2)32-18)25-13-23-22(15-27-25)24(31)14-26(28-20-9-5-3-6-10-20)30(23)21-11-7-4-8-12-21/h3-15,18-19,28H,16-17H2,1-2H3/t18-,19+. The number of ether oxygens (including phenoxy) is 1. The predicted octanol–water partition coefficient (Wildman–Crippen LogP) is 4.74. The van der Waals surface area contributed by atoms with Crippen LogP contribution >= 0.6 is 0 Å². The first-order chi connectivity index (χ1) is 15.6. The Bertz CT molecular complexity index is 1280. The van der Waals surface area contributed by atoms with Gasteiger partial charge in [-0.3, -0.25) is 9.36 Å². The van der Waals surface area contributed by atoms with Crippen molar-refractivity contribution in [1.29, 1.82) is 0 Å². The van der Waals surface area contributed by atoms with Crippen LogP contribution in [0.2, 0.25) is 0 Å². The molecule has 0 aliphatic carbocycles. The SMILES string of the molecule is C[C@@H]1CN(c2cc3c(cn2)c(=O)cc(Nc2ccccc2)n3-c2ccccc2)C[C@H](C)O1. The summed E-state index contributed by atoms with van der Waals surface area (Å²) >= 11 is 0. The highest BCUT2D eigenvalue weighted by molar-refractivity contribution is 5.85. The molecule has 162 valence electrons. The number of rotatable bonds is 4. The first-order valence-electron chi connectivity index (χ1n) is 10.9. The summed E-state index contributed by atoms with van der Waals surface area (Å²) in [5.41, 5.74) is 2.64. The van der Waals surface area contributed by atoms with Gasteiger partial charge in [-0.05, 0) is 38.1 Å². The van der Waals surface area contributed by atoms with E-state index in [1.165, 1.54) is 0 Å². The van der Waals surface area contributed by atoms with Crippen molar-refractivity contribution in [3.8, 4) is 5.69 Å². The molecule has 1 N–H and O–H groups in total. The minimum Gasteiger partial charge on any atom is -0.372 e. The molecule has 3 heterocycles. The van der Waals surface area contributed by atoms with E-state index in [0.29, 0.717) is 11.2 Å². The largest absolute Gasteiger partial charge is 0.372 e. The van der Waals surface area contributed by atoms with E-state index >= 15 is 0 Å². The summed E-state index contributed by atoms with van der Waals surface area (Å²) in [5.74, 6) is 1.56. The van der Waals surface area contributed by atoms with Crippen LogP contribution in [0.15, 0.2) is 83.8 Å². The molecule has 4 aromatic rings. The van der Waals surface area contributed by atoms with Gasteiger partial charge in [0.25, 0.3) is 0 Å². The third kappa shape index (κ3) is 3.97. The van der Waals surface area contributed by atoms with E-state index in [2.05, 4.69) is 33.6 Å². The Kier molecular flexibility index (Phi) is 5.37. The minimum atomic E-state index is -0.0617. The Hall–Kier alpha value is -3.64. The fourth-order valence-corrected chi connectivity index (χ4v) is 4.36. The van der Waals surface area contributed by atoms with E-state index < -0.39 is 0 Å². The van der Waals surface area contributed by atoms with Gasteiger partial charge in [0.2, 0.25) is 0 Å². The number of fused-ring (bicyclic) bond motifs is 1. The zero-order chi connectivity index (χ0) is 22.1. The number of hydrogen-bond acceptors (Lipinski definition) is 5. The van der Waals surface area contributed by atoms with Gasteiger partial charge in [0.1, 0.15) is 11.6 Å². The van der Waals surface area contributed by atoms with E-state index in [1.807, 2.05) is 66.7 Å². The number of benzene rings is 2. The molecule has 1 aliphatic heterocycles. The summed E-state index contributed by atoms with van der Waals surface area (Å²) in [7, 11) is 0. The highest BCUT2D eigenvalue weighted by Crippen LogP contribution is 2.28. The molecule has 0 bridgehead atoms. The molecule has 1 fully saturated rings. The smallest absolute Gasteiger partial charge is 0.193 e. The highest BCUT2D eigenvalue weighted by Gasteiger charge is 2.24. The second kappa shape index (κ2) is 8.48. The lowest BCUT2D eigenvalue weighted by Gasteiger charge is -2.36. The number of nitrogens with one attached hydrogen (secondary N) is 1. The van der Waals surface area contributed by atoms with Crippen LogP contribution in [0.3, 0.4) is 0 Å². The van der Waals surface area contributed by atoms with Crippen LogP contribution in [0.25, 0.3) is 16.6 Å². The van der Waals surface area contributed by atoms with Gasteiger partial charge in [0, 0.05) is 42.8 Å². The average molecular weight is 427 g/mol. The maximum Gasteiger partial charge on any atom is 0.193 e. The van der Waals surface area contributed by atoms with Gasteiger partial charge >= 0.3 is 0 Å². The Morgan fingerprint density at radius 3 is 2.28 bits per heavy atom. The lowest BCUT2D eigenvalue weighted by atomic mass is 10.2. The number of pyridine rings is 2. The van der Waals surface area contributed by atoms with Crippen molar-refractivity contribution in [1.82, 2.24) is 9.55 Å². The fourth-order valence-electron chi connectivity index (χ4n) is 4.36. The van der Waals surface area contributed by atoms with Gasteiger partial charge in [-0.15, -0.1) is 0 Å². The van der Waals surface area contributed by atoms with Crippen molar-refractivity contribution < 1.29 is 4.74 Å². The zero-order valence-corrected chi connectivity index (χ0v) is 18.2. The monoisotopic (exact) mass is 426 g/mol. The van der Waals surface area contributed by atoms with Gasteiger partial charge in [0.15, 0.2) is 5.43 Å². The van der Waals surface area contributed by atoms with Gasteiger partial charge in [-0.2, -0.15) is 0 Å². The van der Waals surface area contributed by atoms with E-state index in [0.717, 1.165) is 35.8 Å². The second-order valence-electron chi connectivity index (χ2n) is 8.28. The molecule has 2 atom stereocenters. The molecule has 6 heteroatoms. The Labute approximate surface area is 187 Å². The molecule has 5 rings (SSSR count). The van der Waals surface area contributed by atoms with Crippen molar-refractivity contribution >= 4 is 28.2 Å². The molecule has 0 amide bonds. The molecular weight excluding hydrogens is 400 g/mol. The van der Waals surface area contributed by atoms with Crippen LogP contribution in [0.1, 0.15) is 13.8 Å². The number of nitrogens with zero attached hydrogens (tertiary/aromatic N) is 3. The van der Waals surface area contributed by atoms with Crippen LogP contribution in [-0.4, -0.2) is 34.8 Å². The van der Waals surface area contributed by atoms with Crippen molar-refractivity contribution in [2.45, 2.75) is 26.1 Å². The number of para-hydroxylation sites is 2. The maximum absolute atomic E-state index is 13.0. The molecule has 32 heavy (non-hydrogen) atoms. The molecule has 2 aromatic heterocycles. The van der Waals surface area contributed by atoms with E-state index in [1.54, 1.807) is 12.3 Å². The first kappa shape index (κ1) is 20.3. The highest BCUT2D eigenvalue weighted by atomic mass is 16.5. The Balaban J connectivity index is 1.70. The Morgan fingerprint density at radius 2 is 1.59 bits per heavy atom. The second-order valence-corrected chi connectivity index (χ2v) is 8.28. The van der Waals surface area contributed by atoms with Gasteiger partial charge in [-0.25, -0.2) is 4.98 Å². The molecule has 0 saturated carbocycles. The summed E-state index contributed by atoms with van der Waals surface area (Å²) in [6.45, 7) is 5.68. The lowest BCUT2D eigenvalue weighted by Crippen LogP contribution is -2.45. The zero-order valence-electron chi connectivity index (χ0n) is 18.2. The van der Waals surface area contributed by atoms with Crippen LogP contribution < -0.4 is 15.6 Å². The fraction of sp³-hybridized carbons (Fsp3) is 0.231. The summed E-state index contributed by atoms with van der Waals surface area (Å²) in [6, 6.07) is 23.6. The van der Waals surface area contributed by atoms with Crippen LogP contribution in [-0.2, 0) is 4.74 Å². The molecule has 2 aromatic carbocycles. The quantitative estimate of drug-likeness (QED) is 0.511. The van der Waals surface area contributed by atoms with Crippen molar-refractivity contribution in [2.75, 3.05) is 23.3 Å². The number of morpholine rings is 1. The van der Waals surface area contributed by atoms with E-state index in [4.69, 9.17) is 4.74 Å². The molecule has 0 radical (unpaired) electrons. The summed E-state index contributed by atoms with van der Waals surface area (Å²) < 4.78 is 7.97. The summed E-state index contributed by atoms with van der Waals surface area (Å²) in [4.78, 5) is 19.9. The molecular formula is C26H26N4O2. The van der Waals surface area contributed by atoms with E-state index in [9.17, 15) is 4.79 Å². The molecule has 0 spiro atoms. The predicted molar refractivity (Wildman–Crippen MR) is 129 cm³/mol. The normalized spacial score (nSPS) is 18.6. The molecule has 6 nitrogen and oxygen atoms in total. The summed E-state index contributed by atoms with van der Waals surface area (Å²) in [6.07, 6.45) is 1.95. The van der Waals surface area contributed by atoms with E-state index in [-0.39, 0.29) is 17.6 Å². The van der Waals surface area contributed by atoms with Gasteiger partial charge < -0.3 is 15.0 Å². The number of anilines is 3. The van der Waals surface area contributed by atoms with Crippen molar-refractivity contribution in [2.24, 2.45) is 0 Å². The molecule has 1 aliphatic rings. The number of hydrogen-bond donors (Lipinski definition) is 1. The lowest BCUT2D eigenvalue weighted by molar-refractivity contribution is -0.00545. The third-order valence-electron chi connectivity index (χ3n) is 5.69. The summed E-state index contributed by atoms with van der Waals surface area (Å²) in [5, 5.41) is 4.01. The average Bonchev–Trinajstić information content (AvgIpc) is 2.79. The minimum absolute atomic E-state index is 0.0617.